The van der Waals surface area contributed by atoms with Crippen LogP contribution in [-0.2, 0) is 4.79 Å². The van der Waals surface area contributed by atoms with Crippen LogP contribution in [-0.4, -0.2) is 39.6 Å². The summed E-state index contributed by atoms with van der Waals surface area (Å²) in [4.78, 5) is 37.1. The van der Waals surface area contributed by atoms with Crippen molar-refractivity contribution in [2.45, 2.75) is 64.1 Å². The van der Waals surface area contributed by atoms with Crippen molar-refractivity contribution in [2.24, 2.45) is 5.92 Å². The highest BCUT2D eigenvalue weighted by Crippen LogP contribution is 2.30. The maximum atomic E-state index is 15.3. The monoisotopic (exact) mass is 571 g/mol. The van der Waals surface area contributed by atoms with Gasteiger partial charge in [0.15, 0.2) is 17.4 Å². The van der Waals surface area contributed by atoms with Gasteiger partial charge < -0.3 is 20.9 Å². The van der Waals surface area contributed by atoms with Gasteiger partial charge in [-0.15, -0.1) is 0 Å². The van der Waals surface area contributed by atoms with Crippen LogP contribution in [0.15, 0.2) is 53.3 Å². The summed E-state index contributed by atoms with van der Waals surface area (Å²) in [7, 11) is 0. The fraction of sp³-hybridized carbons (Fsp3) is 0.367. The number of pyridine rings is 1. The van der Waals surface area contributed by atoms with E-state index in [2.05, 4.69) is 5.32 Å². The Bertz CT molecular complexity index is 1460. The molecule has 218 valence electrons. The van der Waals surface area contributed by atoms with Crippen molar-refractivity contribution in [1.29, 1.82) is 0 Å². The van der Waals surface area contributed by atoms with E-state index in [9.17, 15) is 23.9 Å². The molecule has 4 rings (SSSR count). The van der Waals surface area contributed by atoms with Gasteiger partial charge in [-0.2, -0.15) is 0 Å². The molecule has 8 nitrogen and oxygen atoms in total. The van der Waals surface area contributed by atoms with Gasteiger partial charge in [-0.3, -0.25) is 19.0 Å². The van der Waals surface area contributed by atoms with E-state index in [0.717, 1.165) is 36.4 Å². The first-order chi connectivity index (χ1) is 19.4. The van der Waals surface area contributed by atoms with Crippen molar-refractivity contribution in [3.05, 3.63) is 87.5 Å². The molecule has 0 unspecified atom stereocenters. The fourth-order valence-corrected chi connectivity index (χ4v) is 5.09. The smallest absolute Gasteiger partial charge is 0.320 e. The van der Waals surface area contributed by atoms with E-state index in [4.69, 9.17) is 10.5 Å². The predicted molar refractivity (Wildman–Crippen MR) is 147 cm³/mol. The first kappa shape index (κ1) is 29.9. The van der Waals surface area contributed by atoms with Crippen LogP contribution in [0.1, 0.15) is 61.9 Å². The van der Waals surface area contributed by atoms with Crippen molar-refractivity contribution >= 4 is 17.6 Å². The summed E-state index contributed by atoms with van der Waals surface area (Å²) >= 11 is 0. The Kier molecular flexibility index (Phi) is 9.17. The van der Waals surface area contributed by atoms with E-state index >= 15 is 8.78 Å². The van der Waals surface area contributed by atoms with Gasteiger partial charge in [-0.25, -0.2) is 13.2 Å². The molecule has 1 aromatic heterocycles. The number of carboxylic acid groups (broad SMARTS) is 1. The van der Waals surface area contributed by atoms with Gasteiger partial charge in [-0.05, 0) is 68.4 Å². The third-order valence-electron chi connectivity index (χ3n) is 7.11. The number of carbonyl (C=O) groups excluding carboxylic acids is 1. The van der Waals surface area contributed by atoms with Gasteiger partial charge in [0.25, 0.3) is 5.56 Å². The molecule has 1 atom stereocenters. The number of carbonyl (C=O) groups is 2. The molecule has 1 aliphatic carbocycles. The van der Waals surface area contributed by atoms with Crippen LogP contribution in [0.4, 0.5) is 19.0 Å². The number of nitrogen functional groups attached to an aromatic ring is 1. The minimum absolute atomic E-state index is 0.00899. The third-order valence-corrected chi connectivity index (χ3v) is 7.11. The molecule has 1 aliphatic rings. The quantitative estimate of drug-likeness (QED) is 0.297. The van der Waals surface area contributed by atoms with Gasteiger partial charge in [0.1, 0.15) is 29.1 Å². The zero-order valence-electron chi connectivity index (χ0n) is 22.7. The van der Waals surface area contributed by atoms with E-state index < -0.39 is 52.3 Å². The summed E-state index contributed by atoms with van der Waals surface area (Å²) in [5.74, 6) is -4.66. The van der Waals surface area contributed by atoms with Crippen LogP contribution in [0.2, 0.25) is 0 Å². The Morgan fingerprint density at radius 2 is 1.63 bits per heavy atom. The second-order valence-corrected chi connectivity index (χ2v) is 10.7. The lowest BCUT2D eigenvalue weighted by atomic mass is 9.91. The molecule has 3 aromatic rings. The molecule has 0 aliphatic heterocycles. The number of rotatable bonds is 10. The van der Waals surface area contributed by atoms with E-state index in [-0.39, 0.29) is 34.9 Å². The molecule has 1 saturated carbocycles. The molecule has 2 aromatic carbocycles. The molecule has 41 heavy (non-hydrogen) atoms. The molecule has 4 N–H and O–H groups in total. The van der Waals surface area contributed by atoms with E-state index in [1.54, 1.807) is 0 Å². The summed E-state index contributed by atoms with van der Waals surface area (Å²) < 4.78 is 50.2. The Morgan fingerprint density at radius 1 is 1.02 bits per heavy atom. The van der Waals surface area contributed by atoms with E-state index in [1.165, 1.54) is 12.1 Å². The van der Waals surface area contributed by atoms with E-state index in [0.29, 0.717) is 36.7 Å². The maximum Gasteiger partial charge on any atom is 0.320 e. The number of nitrogens with zero attached hydrogens (tertiary/aromatic N) is 1. The molecule has 1 fully saturated rings. The molecule has 0 amide bonds. The predicted octanol–water partition coefficient (Wildman–Crippen LogP) is 4.85. The number of anilines is 1. The number of nitrogens with one attached hydrogen (secondary N) is 1. The SMILES string of the molecule is CC(C)C[C@H](NC1CCC(Oc2cc(F)c(-n3c(N)c(C(=O)c4ccc(F)cc4)ccc3=O)c(F)c2)CC1)C(=O)O. The van der Waals surface area contributed by atoms with Gasteiger partial charge in [0.05, 0.1) is 11.7 Å². The van der Waals surface area contributed by atoms with Gasteiger partial charge >= 0.3 is 5.97 Å². The topological polar surface area (TPSA) is 124 Å². The summed E-state index contributed by atoms with van der Waals surface area (Å²) in [5.41, 5.74) is 4.35. The standard InChI is InChI=1S/C30H32F3N3O5/c1-16(2)13-25(30(39)40)35-19-7-9-20(10-8-19)41-21-14-23(32)27(24(33)15-21)36-26(37)12-11-22(29(36)34)28(38)17-3-5-18(31)6-4-17/h3-6,11-12,14-16,19-20,25,35H,7-10,13,34H2,1-2H3,(H,39,40)/t19?,20?,25-/m0/s1. The van der Waals surface area contributed by atoms with Crippen molar-refractivity contribution in [1.82, 2.24) is 9.88 Å². The van der Waals surface area contributed by atoms with Gasteiger partial charge in [-0.1, -0.05) is 13.8 Å². The van der Waals surface area contributed by atoms with Crippen LogP contribution in [0, 0.1) is 23.4 Å². The summed E-state index contributed by atoms with van der Waals surface area (Å²) in [6, 6.07) is 8.01. The first-order valence-electron chi connectivity index (χ1n) is 13.4. The number of benzene rings is 2. The molecule has 11 heteroatoms. The molecule has 0 radical (unpaired) electrons. The Labute approximate surface area is 234 Å². The third kappa shape index (κ3) is 6.97. The minimum Gasteiger partial charge on any atom is -0.490 e. The number of hydrogen-bond donors (Lipinski definition) is 3. The fourth-order valence-electron chi connectivity index (χ4n) is 5.09. The van der Waals surface area contributed by atoms with Gasteiger partial charge in [0, 0.05) is 29.8 Å². The lowest BCUT2D eigenvalue weighted by Crippen LogP contribution is -2.46. The average molecular weight is 572 g/mol. The number of hydrogen-bond acceptors (Lipinski definition) is 6. The lowest BCUT2D eigenvalue weighted by Gasteiger charge is -2.32. The molecule has 1 heterocycles. The zero-order chi connectivity index (χ0) is 29.8. The Morgan fingerprint density at radius 3 is 2.20 bits per heavy atom. The van der Waals surface area contributed by atoms with Gasteiger partial charge in [0.2, 0.25) is 0 Å². The second-order valence-electron chi connectivity index (χ2n) is 10.7. The first-order valence-corrected chi connectivity index (χ1v) is 13.4. The maximum absolute atomic E-state index is 15.3. The number of halogens is 3. The normalized spacial score (nSPS) is 17.8. The number of aliphatic carboxylic acids is 1. The van der Waals surface area contributed by atoms with Crippen LogP contribution in [0.5, 0.6) is 5.75 Å². The highest BCUT2D eigenvalue weighted by atomic mass is 19.1. The zero-order valence-corrected chi connectivity index (χ0v) is 22.7. The molecule has 0 saturated heterocycles. The number of ether oxygens (including phenoxy) is 1. The highest BCUT2D eigenvalue weighted by Gasteiger charge is 2.28. The Hall–Kier alpha value is -4.12. The molecular formula is C30H32F3N3O5. The number of ketones is 1. The number of carboxylic acids is 1. The summed E-state index contributed by atoms with van der Waals surface area (Å²) in [6.45, 7) is 3.92. The average Bonchev–Trinajstić information content (AvgIpc) is 2.90. The van der Waals surface area contributed by atoms with Crippen molar-refractivity contribution in [2.75, 3.05) is 5.73 Å². The minimum atomic E-state index is -1.12. The number of nitrogens with two attached hydrogens (primary N) is 1. The van der Waals surface area contributed by atoms with Crippen LogP contribution in [0.25, 0.3) is 5.69 Å². The van der Waals surface area contributed by atoms with Crippen LogP contribution >= 0.6 is 0 Å². The largest absolute Gasteiger partial charge is 0.490 e. The van der Waals surface area contributed by atoms with Crippen LogP contribution < -0.4 is 21.3 Å². The molecule has 0 bridgehead atoms. The van der Waals surface area contributed by atoms with Crippen molar-refractivity contribution < 1.29 is 32.6 Å². The molecular weight excluding hydrogens is 539 g/mol. The van der Waals surface area contributed by atoms with Crippen molar-refractivity contribution in [3.8, 4) is 11.4 Å². The second kappa shape index (κ2) is 12.6. The Balaban J connectivity index is 1.50. The summed E-state index contributed by atoms with van der Waals surface area (Å²) in [5, 5.41) is 12.7. The number of aromatic nitrogens is 1. The highest BCUT2D eigenvalue weighted by molar-refractivity contribution is 6.11. The van der Waals surface area contributed by atoms with Crippen molar-refractivity contribution in [3.63, 3.8) is 0 Å². The van der Waals surface area contributed by atoms with E-state index in [1.807, 2.05) is 13.8 Å². The van der Waals surface area contributed by atoms with Crippen LogP contribution in [0.3, 0.4) is 0 Å². The lowest BCUT2D eigenvalue weighted by molar-refractivity contribution is -0.140. The molecule has 0 spiro atoms. The summed E-state index contributed by atoms with van der Waals surface area (Å²) in [6.07, 6.45) is 2.55.